The Labute approximate surface area is 133 Å². The number of carbonyl (C=O) groups is 2. The number of carboxylic acid groups (broad SMARTS) is 1. The van der Waals surface area contributed by atoms with Crippen LogP contribution >= 0.6 is 0 Å². The molecule has 0 aliphatic carbocycles. The topological polar surface area (TPSA) is 84.9 Å². The molecular weight excluding hydrogens is 298 g/mol. The average Bonchev–Trinajstić information content (AvgIpc) is 2.58. The molecule has 2 aromatic rings. The fourth-order valence-electron chi connectivity index (χ4n) is 1.98. The van der Waals surface area contributed by atoms with Crippen LogP contribution in [-0.2, 0) is 9.59 Å². The first-order valence-electron chi connectivity index (χ1n) is 6.94. The largest absolute Gasteiger partial charge is 0.497 e. The van der Waals surface area contributed by atoms with E-state index in [4.69, 9.17) is 9.47 Å². The minimum atomic E-state index is -1.13. The van der Waals surface area contributed by atoms with E-state index in [1.54, 1.807) is 54.6 Å². The van der Waals surface area contributed by atoms with Gasteiger partial charge < -0.3 is 19.9 Å². The molecule has 23 heavy (non-hydrogen) atoms. The molecule has 0 fully saturated rings. The van der Waals surface area contributed by atoms with Crippen LogP contribution in [0.4, 0.5) is 0 Å². The fraction of sp³-hybridized carbons (Fsp3) is 0.176. The molecule has 6 nitrogen and oxygen atoms in total. The molecule has 0 aliphatic rings. The number of benzene rings is 2. The Bertz CT molecular complexity index is 672. The smallest absolute Gasteiger partial charge is 0.330 e. The average molecular weight is 315 g/mol. The first kappa shape index (κ1) is 16.4. The van der Waals surface area contributed by atoms with Crippen LogP contribution < -0.4 is 14.8 Å². The van der Waals surface area contributed by atoms with Crippen molar-refractivity contribution in [2.45, 2.75) is 6.04 Å². The molecule has 0 bridgehead atoms. The number of carboxylic acids is 1. The van der Waals surface area contributed by atoms with Gasteiger partial charge >= 0.3 is 5.97 Å². The molecule has 1 amide bonds. The highest BCUT2D eigenvalue weighted by atomic mass is 16.5. The SMILES string of the molecule is COc1cccc(OCC(=O)N[C@H](C(=O)O)c2ccccc2)c1. The molecule has 0 spiro atoms. The van der Waals surface area contributed by atoms with Crippen molar-refractivity contribution in [2.24, 2.45) is 0 Å². The van der Waals surface area contributed by atoms with Gasteiger partial charge in [-0.25, -0.2) is 4.79 Å². The van der Waals surface area contributed by atoms with Gasteiger partial charge in [-0.15, -0.1) is 0 Å². The summed E-state index contributed by atoms with van der Waals surface area (Å²) in [6.07, 6.45) is 0. The van der Waals surface area contributed by atoms with Crippen molar-refractivity contribution in [3.8, 4) is 11.5 Å². The van der Waals surface area contributed by atoms with Crippen molar-refractivity contribution >= 4 is 11.9 Å². The standard InChI is InChI=1S/C17H17NO5/c1-22-13-8-5-9-14(10-13)23-11-15(19)18-16(17(20)21)12-6-3-2-4-7-12/h2-10,16H,11H2,1H3,(H,18,19)(H,20,21)/t16-/m0/s1. The summed E-state index contributed by atoms with van der Waals surface area (Å²) >= 11 is 0. The van der Waals surface area contributed by atoms with Gasteiger partial charge in [0.05, 0.1) is 7.11 Å². The molecule has 0 aliphatic heterocycles. The van der Waals surface area contributed by atoms with Crippen LogP contribution in [0.1, 0.15) is 11.6 Å². The second-order valence-corrected chi connectivity index (χ2v) is 4.72. The lowest BCUT2D eigenvalue weighted by molar-refractivity contribution is -0.142. The Hall–Kier alpha value is -3.02. The molecule has 0 saturated carbocycles. The highest BCUT2D eigenvalue weighted by molar-refractivity contribution is 5.85. The monoisotopic (exact) mass is 315 g/mol. The minimum absolute atomic E-state index is 0.288. The van der Waals surface area contributed by atoms with Crippen LogP contribution in [0, 0.1) is 0 Å². The van der Waals surface area contributed by atoms with Gasteiger partial charge in [0.25, 0.3) is 5.91 Å². The zero-order valence-electron chi connectivity index (χ0n) is 12.6. The van der Waals surface area contributed by atoms with Gasteiger partial charge in [0, 0.05) is 6.07 Å². The van der Waals surface area contributed by atoms with Crippen LogP contribution in [0.2, 0.25) is 0 Å². The summed E-state index contributed by atoms with van der Waals surface area (Å²) in [6.45, 7) is -0.288. The van der Waals surface area contributed by atoms with E-state index in [2.05, 4.69) is 5.32 Å². The Morgan fingerprint density at radius 3 is 2.43 bits per heavy atom. The first-order chi connectivity index (χ1) is 11.1. The Balaban J connectivity index is 1.96. The number of aliphatic carboxylic acids is 1. The summed E-state index contributed by atoms with van der Waals surface area (Å²) in [4.78, 5) is 23.2. The molecule has 0 heterocycles. The summed E-state index contributed by atoms with van der Waals surface area (Å²) in [6, 6.07) is 14.2. The van der Waals surface area contributed by atoms with Gasteiger partial charge in [-0.1, -0.05) is 36.4 Å². The predicted octanol–water partition coefficient (Wildman–Crippen LogP) is 2.02. The van der Waals surface area contributed by atoms with Gasteiger partial charge in [-0.2, -0.15) is 0 Å². The van der Waals surface area contributed by atoms with Crippen LogP contribution in [-0.4, -0.2) is 30.7 Å². The molecule has 6 heteroatoms. The van der Waals surface area contributed by atoms with Crippen molar-refractivity contribution < 1.29 is 24.2 Å². The molecule has 2 aromatic carbocycles. The maximum atomic E-state index is 11.9. The van der Waals surface area contributed by atoms with Crippen molar-refractivity contribution in [1.82, 2.24) is 5.32 Å². The van der Waals surface area contributed by atoms with Gasteiger partial charge in [-0.05, 0) is 17.7 Å². The lowest BCUT2D eigenvalue weighted by Crippen LogP contribution is -2.36. The molecule has 0 unspecified atom stereocenters. The van der Waals surface area contributed by atoms with E-state index in [1.807, 2.05) is 0 Å². The number of methoxy groups -OCH3 is 1. The molecule has 0 saturated heterocycles. The third kappa shape index (κ3) is 4.74. The van der Waals surface area contributed by atoms with E-state index in [0.29, 0.717) is 17.1 Å². The second kappa shape index (κ2) is 7.84. The number of carbonyl (C=O) groups excluding carboxylic acids is 1. The number of hydrogen-bond donors (Lipinski definition) is 2. The van der Waals surface area contributed by atoms with E-state index in [1.165, 1.54) is 7.11 Å². The summed E-state index contributed by atoms with van der Waals surface area (Å²) in [5.74, 6) is -0.586. The van der Waals surface area contributed by atoms with E-state index >= 15 is 0 Å². The number of hydrogen-bond acceptors (Lipinski definition) is 4. The van der Waals surface area contributed by atoms with Crippen molar-refractivity contribution in [3.63, 3.8) is 0 Å². The summed E-state index contributed by atoms with van der Waals surface area (Å²) in [5.41, 5.74) is 0.495. The van der Waals surface area contributed by atoms with E-state index < -0.39 is 17.9 Å². The third-order valence-corrected chi connectivity index (χ3v) is 3.10. The summed E-state index contributed by atoms with van der Waals surface area (Å²) in [5, 5.41) is 11.7. The third-order valence-electron chi connectivity index (χ3n) is 3.10. The van der Waals surface area contributed by atoms with E-state index in [0.717, 1.165) is 0 Å². The quantitative estimate of drug-likeness (QED) is 0.816. The van der Waals surface area contributed by atoms with Crippen molar-refractivity contribution in [1.29, 1.82) is 0 Å². The fourth-order valence-corrected chi connectivity index (χ4v) is 1.98. The van der Waals surface area contributed by atoms with Gasteiger partial charge in [0.15, 0.2) is 12.6 Å². The highest BCUT2D eigenvalue weighted by Gasteiger charge is 2.21. The molecule has 120 valence electrons. The van der Waals surface area contributed by atoms with Crippen LogP contribution in [0.25, 0.3) is 0 Å². The minimum Gasteiger partial charge on any atom is -0.497 e. The summed E-state index contributed by atoms with van der Waals surface area (Å²) in [7, 11) is 1.53. The number of nitrogens with one attached hydrogen (secondary N) is 1. The highest BCUT2D eigenvalue weighted by Crippen LogP contribution is 2.19. The number of ether oxygens (including phenoxy) is 2. The first-order valence-corrected chi connectivity index (χ1v) is 6.94. The maximum absolute atomic E-state index is 11.9. The molecular formula is C17H17NO5. The maximum Gasteiger partial charge on any atom is 0.330 e. The Kier molecular flexibility index (Phi) is 5.57. The predicted molar refractivity (Wildman–Crippen MR) is 83.5 cm³/mol. The normalized spacial score (nSPS) is 11.3. The summed E-state index contributed by atoms with van der Waals surface area (Å²) < 4.78 is 10.4. The van der Waals surface area contributed by atoms with Crippen molar-refractivity contribution in [2.75, 3.05) is 13.7 Å². The zero-order chi connectivity index (χ0) is 16.7. The number of amides is 1. The number of rotatable bonds is 7. The Morgan fingerprint density at radius 1 is 1.09 bits per heavy atom. The van der Waals surface area contributed by atoms with Crippen molar-refractivity contribution in [3.05, 3.63) is 60.2 Å². The van der Waals surface area contributed by atoms with Crippen LogP contribution in [0.15, 0.2) is 54.6 Å². The molecule has 2 rings (SSSR count). The van der Waals surface area contributed by atoms with Gasteiger partial charge in [-0.3, -0.25) is 4.79 Å². The zero-order valence-corrected chi connectivity index (χ0v) is 12.6. The molecule has 0 aromatic heterocycles. The second-order valence-electron chi connectivity index (χ2n) is 4.72. The van der Waals surface area contributed by atoms with E-state index in [9.17, 15) is 14.7 Å². The molecule has 0 radical (unpaired) electrons. The lowest BCUT2D eigenvalue weighted by atomic mass is 10.1. The Morgan fingerprint density at radius 2 is 1.78 bits per heavy atom. The molecule has 1 atom stereocenters. The van der Waals surface area contributed by atoms with E-state index in [-0.39, 0.29) is 6.61 Å². The van der Waals surface area contributed by atoms with Gasteiger partial charge in [0.1, 0.15) is 11.5 Å². The molecule has 2 N–H and O–H groups in total. The lowest BCUT2D eigenvalue weighted by Gasteiger charge is -2.15. The van der Waals surface area contributed by atoms with Crippen LogP contribution in [0.3, 0.4) is 0 Å². The van der Waals surface area contributed by atoms with Gasteiger partial charge in [0.2, 0.25) is 0 Å². The van der Waals surface area contributed by atoms with Crippen LogP contribution in [0.5, 0.6) is 11.5 Å².